The van der Waals surface area contributed by atoms with Gasteiger partial charge in [0.2, 0.25) is 0 Å². The largest absolute Gasteiger partial charge is 0.494 e. The summed E-state index contributed by atoms with van der Waals surface area (Å²) in [5.74, 6) is 1.11. The summed E-state index contributed by atoms with van der Waals surface area (Å²) in [6, 6.07) is 6.12. The molecule has 2 N–H and O–H groups in total. The second kappa shape index (κ2) is 7.51. The van der Waals surface area contributed by atoms with Crippen LogP contribution >= 0.6 is 0 Å². The number of aryl methyl sites for hydroxylation is 1. The molecule has 0 saturated heterocycles. The van der Waals surface area contributed by atoms with Crippen molar-refractivity contribution < 1.29 is 14.9 Å². The predicted molar refractivity (Wildman–Crippen MR) is 77.7 cm³/mol. The Morgan fingerprint density at radius 2 is 1.84 bits per heavy atom. The second-order valence-corrected chi connectivity index (χ2v) is 5.09. The maximum absolute atomic E-state index is 9.79. The Balaban J connectivity index is 2.86. The van der Waals surface area contributed by atoms with Crippen molar-refractivity contribution in [1.29, 1.82) is 0 Å². The van der Waals surface area contributed by atoms with Crippen molar-refractivity contribution in [2.24, 2.45) is 0 Å². The minimum absolute atomic E-state index is 0.218. The van der Waals surface area contributed by atoms with Gasteiger partial charge in [0.15, 0.2) is 0 Å². The highest BCUT2D eigenvalue weighted by Gasteiger charge is 2.18. The number of rotatable bonds is 7. The molecule has 0 amide bonds. The summed E-state index contributed by atoms with van der Waals surface area (Å²) in [7, 11) is 0. The SMILES string of the molecule is CCOc1ccc(C(C)CC(O)C(C)O)c(CC)c1. The fraction of sp³-hybridized carbons (Fsp3) is 0.625. The molecule has 0 bridgehead atoms. The van der Waals surface area contributed by atoms with E-state index in [9.17, 15) is 10.2 Å². The first-order valence-electron chi connectivity index (χ1n) is 7.11. The van der Waals surface area contributed by atoms with Gasteiger partial charge in [-0.15, -0.1) is 0 Å². The average molecular weight is 266 g/mol. The van der Waals surface area contributed by atoms with Gasteiger partial charge in [-0.1, -0.05) is 19.9 Å². The Morgan fingerprint density at radius 1 is 1.16 bits per heavy atom. The molecular formula is C16H26O3. The molecule has 0 radical (unpaired) electrons. The molecule has 0 aliphatic heterocycles. The smallest absolute Gasteiger partial charge is 0.119 e. The van der Waals surface area contributed by atoms with E-state index in [0.29, 0.717) is 13.0 Å². The first-order valence-corrected chi connectivity index (χ1v) is 7.11. The molecule has 1 rings (SSSR count). The normalized spacial score (nSPS) is 15.9. The predicted octanol–water partition coefficient (Wildman–Crippen LogP) is 2.88. The molecule has 0 aliphatic carbocycles. The van der Waals surface area contributed by atoms with Crippen LogP contribution in [0.4, 0.5) is 0 Å². The van der Waals surface area contributed by atoms with Gasteiger partial charge in [0.25, 0.3) is 0 Å². The monoisotopic (exact) mass is 266 g/mol. The van der Waals surface area contributed by atoms with E-state index in [4.69, 9.17) is 4.74 Å². The lowest BCUT2D eigenvalue weighted by atomic mass is 9.89. The molecule has 19 heavy (non-hydrogen) atoms. The third kappa shape index (κ3) is 4.51. The summed E-state index contributed by atoms with van der Waals surface area (Å²) in [4.78, 5) is 0. The van der Waals surface area contributed by atoms with Crippen LogP contribution in [-0.4, -0.2) is 29.0 Å². The Labute approximate surface area is 116 Å². The highest BCUT2D eigenvalue weighted by molar-refractivity contribution is 5.37. The summed E-state index contributed by atoms with van der Waals surface area (Å²) >= 11 is 0. The number of hydrogen-bond acceptors (Lipinski definition) is 3. The van der Waals surface area contributed by atoms with E-state index in [1.54, 1.807) is 6.92 Å². The minimum Gasteiger partial charge on any atom is -0.494 e. The molecule has 0 heterocycles. The fourth-order valence-corrected chi connectivity index (χ4v) is 2.31. The summed E-state index contributed by atoms with van der Waals surface area (Å²) in [6.45, 7) is 8.46. The van der Waals surface area contributed by atoms with Gasteiger partial charge >= 0.3 is 0 Å². The van der Waals surface area contributed by atoms with Crippen molar-refractivity contribution in [1.82, 2.24) is 0 Å². The zero-order chi connectivity index (χ0) is 14.4. The standard InChI is InChI=1S/C16H26O3/c1-5-13-10-14(19-6-2)7-8-15(13)11(3)9-16(18)12(4)17/h7-8,10-12,16-18H,5-6,9H2,1-4H3. The van der Waals surface area contributed by atoms with E-state index in [1.807, 2.05) is 13.0 Å². The van der Waals surface area contributed by atoms with Gasteiger partial charge in [-0.2, -0.15) is 0 Å². The third-order valence-corrected chi connectivity index (χ3v) is 3.49. The number of aliphatic hydroxyl groups is 2. The second-order valence-electron chi connectivity index (χ2n) is 5.09. The van der Waals surface area contributed by atoms with Gasteiger partial charge in [0.05, 0.1) is 18.8 Å². The van der Waals surface area contributed by atoms with Crippen molar-refractivity contribution in [3.63, 3.8) is 0 Å². The van der Waals surface area contributed by atoms with Gasteiger partial charge in [0.1, 0.15) is 5.75 Å². The maximum atomic E-state index is 9.79. The highest BCUT2D eigenvalue weighted by Crippen LogP contribution is 2.28. The fourth-order valence-electron chi connectivity index (χ4n) is 2.31. The lowest BCUT2D eigenvalue weighted by Crippen LogP contribution is -2.24. The average Bonchev–Trinajstić information content (AvgIpc) is 2.38. The van der Waals surface area contributed by atoms with Crippen LogP contribution < -0.4 is 4.74 Å². The first kappa shape index (κ1) is 16.0. The van der Waals surface area contributed by atoms with Crippen LogP contribution in [0.15, 0.2) is 18.2 Å². The highest BCUT2D eigenvalue weighted by atomic mass is 16.5. The molecule has 1 aromatic rings. The zero-order valence-corrected chi connectivity index (χ0v) is 12.4. The van der Waals surface area contributed by atoms with Gasteiger partial charge in [0, 0.05) is 0 Å². The molecule has 0 fully saturated rings. The third-order valence-electron chi connectivity index (χ3n) is 3.49. The maximum Gasteiger partial charge on any atom is 0.119 e. The van der Waals surface area contributed by atoms with Crippen molar-refractivity contribution in [3.8, 4) is 5.75 Å². The van der Waals surface area contributed by atoms with Crippen molar-refractivity contribution in [2.45, 2.75) is 58.7 Å². The van der Waals surface area contributed by atoms with Crippen LogP contribution in [0.5, 0.6) is 5.75 Å². The number of benzene rings is 1. The Morgan fingerprint density at radius 3 is 2.37 bits per heavy atom. The molecule has 108 valence electrons. The topological polar surface area (TPSA) is 49.7 Å². The van der Waals surface area contributed by atoms with Crippen LogP contribution in [0.3, 0.4) is 0 Å². The summed E-state index contributed by atoms with van der Waals surface area (Å²) in [5.41, 5.74) is 2.47. The van der Waals surface area contributed by atoms with Crippen LogP contribution in [-0.2, 0) is 6.42 Å². The van der Waals surface area contributed by atoms with Crippen LogP contribution in [0.2, 0.25) is 0 Å². The Hall–Kier alpha value is -1.06. The van der Waals surface area contributed by atoms with E-state index in [0.717, 1.165) is 12.2 Å². The molecule has 0 saturated carbocycles. The summed E-state index contributed by atoms with van der Waals surface area (Å²) < 4.78 is 5.51. The quantitative estimate of drug-likeness (QED) is 0.798. The summed E-state index contributed by atoms with van der Waals surface area (Å²) in [6.07, 6.45) is 0.144. The Bertz CT molecular complexity index is 388. The lowest BCUT2D eigenvalue weighted by molar-refractivity contribution is 0.0227. The lowest BCUT2D eigenvalue weighted by Gasteiger charge is -2.21. The molecule has 0 aliphatic rings. The molecule has 3 heteroatoms. The van der Waals surface area contributed by atoms with E-state index in [-0.39, 0.29) is 5.92 Å². The van der Waals surface area contributed by atoms with E-state index < -0.39 is 12.2 Å². The van der Waals surface area contributed by atoms with Crippen LogP contribution in [0.25, 0.3) is 0 Å². The van der Waals surface area contributed by atoms with Crippen molar-refractivity contribution in [3.05, 3.63) is 29.3 Å². The van der Waals surface area contributed by atoms with E-state index >= 15 is 0 Å². The number of hydrogen-bond donors (Lipinski definition) is 2. The van der Waals surface area contributed by atoms with Gasteiger partial charge < -0.3 is 14.9 Å². The van der Waals surface area contributed by atoms with Crippen molar-refractivity contribution in [2.75, 3.05) is 6.61 Å². The van der Waals surface area contributed by atoms with Gasteiger partial charge in [-0.05, 0) is 55.9 Å². The summed E-state index contributed by atoms with van der Waals surface area (Å²) in [5, 5.41) is 19.2. The molecule has 3 unspecified atom stereocenters. The van der Waals surface area contributed by atoms with Gasteiger partial charge in [-0.25, -0.2) is 0 Å². The Kier molecular flexibility index (Phi) is 6.32. The van der Waals surface area contributed by atoms with E-state index in [2.05, 4.69) is 26.0 Å². The number of aliphatic hydroxyl groups excluding tert-OH is 2. The number of ether oxygens (including phenoxy) is 1. The first-order chi connectivity index (χ1) is 8.99. The molecular weight excluding hydrogens is 240 g/mol. The zero-order valence-electron chi connectivity index (χ0n) is 12.4. The molecule has 1 aromatic carbocycles. The molecule has 3 nitrogen and oxygen atoms in total. The molecule has 0 spiro atoms. The minimum atomic E-state index is -0.685. The van der Waals surface area contributed by atoms with Gasteiger partial charge in [-0.3, -0.25) is 0 Å². The van der Waals surface area contributed by atoms with Crippen LogP contribution in [0.1, 0.15) is 51.2 Å². The van der Waals surface area contributed by atoms with Crippen LogP contribution in [0, 0.1) is 0 Å². The molecule has 0 aromatic heterocycles. The van der Waals surface area contributed by atoms with E-state index in [1.165, 1.54) is 11.1 Å². The van der Waals surface area contributed by atoms with Crippen molar-refractivity contribution >= 4 is 0 Å². The molecule has 3 atom stereocenters.